The fraction of sp³-hybridized carbons (Fsp3) is 0.300. The van der Waals surface area contributed by atoms with E-state index in [9.17, 15) is 9.59 Å². The van der Waals surface area contributed by atoms with E-state index in [1.807, 2.05) is 24.3 Å². The van der Waals surface area contributed by atoms with Crippen LogP contribution in [0.25, 0.3) is 0 Å². The molecule has 0 aromatic heterocycles. The summed E-state index contributed by atoms with van der Waals surface area (Å²) in [6.45, 7) is 1.34. The molecule has 2 aromatic carbocycles. The van der Waals surface area contributed by atoms with Crippen LogP contribution in [0.2, 0.25) is 0 Å². The zero-order valence-corrected chi connectivity index (χ0v) is 15.5. The molecule has 3 amide bonds. The first kappa shape index (κ1) is 18.6. The first-order valence-corrected chi connectivity index (χ1v) is 8.77. The average molecular weight is 369 g/mol. The summed E-state index contributed by atoms with van der Waals surface area (Å²) in [4.78, 5) is 27.8. The third-order valence-electron chi connectivity index (χ3n) is 4.32. The molecule has 7 heteroatoms. The molecular weight excluding hydrogens is 346 g/mol. The van der Waals surface area contributed by atoms with Crippen LogP contribution in [-0.2, 0) is 4.79 Å². The molecule has 0 bridgehead atoms. The maximum Gasteiger partial charge on any atom is 0.324 e. The molecule has 1 aliphatic rings. The van der Waals surface area contributed by atoms with Crippen molar-refractivity contribution in [1.82, 2.24) is 4.90 Å². The minimum absolute atomic E-state index is 0.0109. The lowest BCUT2D eigenvalue weighted by atomic mass is 10.2. The molecule has 1 N–H and O–H groups in total. The fourth-order valence-electron chi connectivity index (χ4n) is 2.91. The van der Waals surface area contributed by atoms with Gasteiger partial charge in [0.2, 0.25) is 0 Å². The number of rotatable bonds is 6. The van der Waals surface area contributed by atoms with Crippen LogP contribution in [0.15, 0.2) is 48.5 Å². The first-order valence-electron chi connectivity index (χ1n) is 8.77. The second-order valence-electron chi connectivity index (χ2n) is 6.24. The molecule has 0 spiro atoms. The predicted octanol–water partition coefficient (Wildman–Crippen LogP) is 2.97. The lowest BCUT2D eigenvalue weighted by molar-refractivity contribution is -0.118. The number of hydrogen-bond donors (Lipinski definition) is 1. The largest absolute Gasteiger partial charge is 0.493 e. The average Bonchev–Trinajstić information content (AvgIpc) is 2.69. The van der Waals surface area contributed by atoms with Gasteiger partial charge in [-0.1, -0.05) is 12.1 Å². The number of urea groups is 1. The minimum Gasteiger partial charge on any atom is -0.493 e. The third kappa shape index (κ3) is 4.49. The molecule has 0 unspecified atom stereocenters. The van der Waals surface area contributed by atoms with Gasteiger partial charge in [0, 0.05) is 31.5 Å². The van der Waals surface area contributed by atoms with Crippen LogP contribution in [0.4, 0.5) is 16.2 Å². The van der Waals surface area contributed by atoms with Gasteiger partial charge in [-0.05, 0) is 42.8 Å². The number of methoxy groups -OCH3 is 1. The highest BCUT2D eigenvalue weighted by atomic mass is 16.5. The summed E-state index contributed by atoms with van der Waals surface area (Å²) in [6, 6.07) is 14.4. The molecular formula is C20H23N3O4. The van der Waals surface area contributed by atoms with Crippen molar-refractivity contribution < 1.29 is 19.1 Å². The van der Waals surface area contributed by atoms with E-state index in [-0.39, 0.29) is 18.5 Å². The van der Waals surface area contributed by atoms with E-state index in [1.165, 1.54) is 0 Å². The number of anilines is 2. The van der Waals surface area contributed by atoms with E-state index in [2.05, 4.69) is 5.32 Å². The molecule has 0 aliphatic carbocycles. The Morgan fingerprint density at radius 1 is 1.07 bits per heavy atom. The van der Waals surface area contributed by atoms with Crippen LogP contribution in [0.5, 0.6) is 11.5 Å². The van der Waals surface area contributed by atoms with Gasteiger partial charge in [0.25, 0.3) is 5.91 Å². The lowest BCUT2D eigenvalue weighted by Gasteiger charge is -2.33. The fourth-order valence-corrected chi connectivity index (χ4v) is 2.91. The minimum atomic E-state index is -0.276. The standard InChI is InChI=1S/C20H23N3O4/c1-22-12-5-13-23(20(22)25)16-10-8-15(9-11-16)21-19(24)14-27-18-7-4-3-6-17(18)26-2/h3-4,6-11H,5,12-14H2,1-2H3,(H,21,24). The van der Waals surface area contributed by atoms with Crippen LogP contribution in [-0.4, -0.2) is 50.7 Å². The summed E-state index contributed by atoms with van der Waals surface area (Å²) < 4.78 is 10.7. The smallest absolute Gasteiger partial charge is 0.324 e. The maximum atomic E-state index is 12.2. The summed E-state index contributed by atoms with van der Waals surface area (Å²) in [5, 5.41) is 2.78. The number of benzene rings is 2. The summed E-state index contributed by atoms with van der Waals surface area (Å²) in [5.41, 5.74) is 1.46. The highest BCUT2D eigenvalue weighted by molar-refractivity contribution is 5.94. The quantitative estimate of drug-likeness (QED) is 0.850. The number of nitrogens with zero attached hydrogens (tertiary/aromatic N) is 2. The van der Waals surface area contributed by atoms with Gasteiger partial charge in [-0.15, -0.1) is 0 Å². The first-order chi connectivity index (χ1) is 13.1. The van der Waals surface area contributed by atoms with Gasteiger partial charge in [-0.2, -0.15) is 0 Å². The number of nitrogens with one attached hydrogen (secondary N) is 1. The van der Waals surface area contributed by atoms with Gasteiger partial charge < -0.3 is 19.7 Å². The molecule has 1 heterocycles. The second-order valence-corrected chi connectivity index (χ2v) is 6.24. The molecule has 0 saturated carbocycles. The number of carbonyl (C=O) groups excluding carboxylic acids is 2. The van der Waals surface area contributed by atoms with Crippen molar-refractivity contribution in [3.63, 3.8) is 0 Å². The van der Waals surface area contributed by atoms with E-state index in [0.29, 0.717) is 23.7 Å². The van der Waals surface area contributed by atoms with Crippen molar-refractivity contribution in [2.24, 2.45) is 0 Å². The molecule has 142 valence electrons. The highest BCUT2D eigenvalue weighted by Crippen LogP contribution is 2.26. The number of ether oxygens (including phenoxy) is 2. The Bertz CT molecular complexity index is 807. The normalized spacial score (nSPS) is 14.1. The van der Waals surface area contributed by atoms with Crippen LogP contribution in [0.3, 0.4) is 0 Å². The SMILES string of the molecule is COc1ccccc1OCC(=O)Nc1ccc(N2CCCN(C)C2=O)cc1. The van der Waals surface area contributed by atoms with Crippen molar-refractivity contribution in [2.75, 3.05) is 44.1 Å². The monoisotopic (exact) mass is 369 g/mol. The van der Waals surface area contributed by atoms with Crippen molar-refractivity contribution >= 4 is 23.3 Å². The van der Waals surface area contributed by atoms with E-state index in [4.69, 9.17) is 9.47 Å². The van der Waals surface area contributed by atoms with Gasteiger partial charge >= 0.3 is 6.03 Å². The Hall–Kier alpha value is -3.22. The summed E-state index contributed by atoms with van der Waals surface area (Å²) in [7, 11) is 3.35. The van der Waals surface area contributed by atoms with Gasteiger partial charge in [0.1, 0.15) is 0 Å². The van der Waals surface area contributed by atoms with Gasteiger partial charge in [0.15, 0.2) is 18.1 Å². The Kier molecular flexibility index (Phi) is 5.80. The molecule has 0 radical (unpaired) electrons. The van der Waals surface area contributed by atoms with Crippen LogP contribution < -0.4 is 19.7 Å². The van der Waals surface area contributed by atoms with Crippen molar-refractivity contribution in [3.05, 3.63) is 48.5 Å². The van der Waals surface area contributed by atoms with Crippen LogP contribution >= 0.6 is 0 Å². The van der Waals surface area contributed by atoms with Gasteiger partial charge in [-0.3, -0.25) is 9.69 Å². The number of hydrogen-bond acceptors (Lipinski definition) is 4. The second kappa shape index (κ2) is 8.44. The van der Waals surface area contributed by atoms with Gasteiger partial charge in [0.05, 0.1) is 7.11 Å². The number of para-hydroxylation sites is 2. The zero-order valence-electron chi connectivity index (χ0n) is 15.5. The molecule has 3 rings (SSSR count). The number of amides is 3. The topological polar surface area (TPSA) is 71.1 Å². The van der Waals surface area contributed by atoms with Crippen LogP contribution in [0.1, 0.15) is 6.42 Å². The molecule has 2 aromatic rings. The molecule has 27 heavy (non-hydrogen) atoms. The van der Waals surface area contributed by atoms with Crippen molar-refractivity contribution in [3.8, 4) is 11.5 Å². The third-order valence-corrected chi connectivity index (χ3v) is 4.32. The van der Waals surface area contributed by atoms with Gasteiger partial charge in [-0.25, -0.2) is 4.79 Å². The van der Waals surface area contributed by atoms with E-state index >= 15 is 0 Å². The Labute approximate surface area is 158 Å². The molecule has 1 fully saturated rings. The van der Waals surface area contributed by atoms with Crippen molar-refractivity contribution in [2.45, 2.75) is 6.42 Å². The van der Waals surface area contributed by atoms with E-state index in [1.54, 1.807) is 48.2 Å². The Morgan fingerprint density at radius 3 is 2.48 bits per heavy atom. The Balaban J connectivity index is 1.56. The number of carbonyl (C=O) groups is 2. The maximum absolute atomic E-state index is 12.2. The molecule has 0 atom stereocenters. The summed E-state index contributed by atoms with van der Waals surface area (Å²) in [6.07, 6.45) is 0.932. The molecule has 1 saturated heterocycles. The predicted molar refractivity (Wildman–Crippen MR) is 104 cm³/mol. The van der Waals surface area contributed by atoms with Crippen LogP contribution in [0, 0.1) is 0 Å². The zero-order chi connectivity index (χ0) is 19.2. The van der Waals surface area contributed by atoms with E-state index in [0.717, 1.165) is 18.7 Å². The molecule has 7 nitrogen and oxygen atoms in total. The highest BCUT2D eigenvalue weighted by Gasteiger charge is 2.23. The Morgan fingerprint density at radius 2 is 1.78 bits per heavy atom. The molecule has 1 aliphatic heterocycles. The van der Waals surface area contributed by atoms with E-state index < -0.39 is 0 Å². The van der Waals surface area contributed by atoms with Crippen molar-refractivity contribution in [1.29, 1.82) is 0 Å². The summed E-state index contributed by atoms with van der Waals surface area (Å²) in [5.74, 6) is 0.812. The summed E-state index contributed by atoms with van der Waals surface area (Å²) >= 11 is 0. The lowest BCUT2D eigenvalue weighted by Crippen LogP contribution is -2.47.